The SMILES string of the molecule is N[C@H](C(=O)NCc1cccs1)c1ccccc1. The molecule has 0 saturated heterocycles. The smallest absolute Gasteiger partial charge is 0.241 e. The van der Waals surface area contributed by atoms with Crippen LogP contribution in [0, 0.1) is 0 Å². The maximum atomic E-state index is 11.8. The van der Waals surface area contributed by atoms with Crippen molar-refractivity contribution >= 4 is 17.2 Å². The fourth-order valence-corrected chi connectivity index (χ4v) is 2.15. The predicted molar refractivity (Wildman–Crippen MR) is 69.5 cm³/mol. The summed E-state index contributed by atoms with van der Waals surface area (Å²) < 4.78 is 0. The number of nitrogens with two attached hydrogens (primary N) is 1. The van der Waals surface area contributed by atoms with Gasteiger partial charge in [-0.15, -0.1) is 11.3 Å². The van der Waals surface area contributed by atoms with E-state index in [9.17, 15) is 4.79 Å². The lowest BCUT2D eigenvalue weighted by Gasteiger charge is -2.11. The van der Waals surface area contributed by atoms with Crippen molar-refractivity contribution in [1.29, 1.82) is 0 Å². The molecule has 0 spiro atoms. The summed E-state index contributed by atoms with van der Waals surface area (Å²) in [5.41, 5.74) is 6.70. The number of nitrogens with one attached hydrogen (secondary N) is 1. The number of thiophene rings is 1. The minimum Gasteiger partial charge on any atom is -0.350 e. The molecular formula is C13H14N2OS. The van der Waals surface area contributed by atoms with Crippen molar-refractivity contribution < 1.29 is 4.79 Å². The summed E-state index contributed by atoms with van der Waals surface area (Å²) >= 11 is 1.62. The van der Waals surface area contributed by atoms with Gasteiger partial charge < -0.3 is 11.1 Å². The molecule has 1 heterocycles. The van der Waals surface area contributed by atoms with E-state index in [1.165, 1.54) is 0 Å². The molecule has 2 aromatic rings. The van der Waals surface area contributed by atoms with Crippen molar-refractivity contribution in [3.8, 4) is 0 Å². The molecule has 3 nitrogen and oxygen atoms in total. The number of hydrogen-bond donors (Lipinski definition) is 2. The Kier molecular flexibility index (Phi) is 3.90. The second-order valence-corrected chi connectivity index (χ2v) is 4.72. The van der Waals surface area contributed by atoms with Gasteiger partial charge in [-0.1, -0.05) is 36.4 Å². The number of rotatable bonds is 4. The van der Waals surface area contributed by atoms with Crippen molar-refractivity contribution in [1.82, 2.24) is 5.32 Å². The number of hydrogen-bond acceptors (Lipinski definition) is 3. The Balaban J connectivity index is 1.92. The molecule has 1 aromatic carbocycles. The number of carbonyl (C=O) groups excluding carboxylic acids is 1. The zero-order chi connectivity index (χ0) is 12.1. The van der Waals surface area contributed by atoms with Gasteiger partial charge in [0.2, 0.25) is 5.91 Å². The summed E-state index contributed by atoms with van der Waals surface area (Å²) in [5, 5.41) is 4.81. The molecule has 88 valence electrons. The molecule has 1 atom stereocenters. The van der Waals surface area contributed by atoms with E-state index in [1.54, 1.807) is 11.3 Å². The van der Waals surface area contributed by atoms with Crippen LogP contribution in [-0.2, 0) is 11.3 Å². The summed E-state index contributed by atoms with van der Waals surface area (Å²) in [7, 11) is 0. The van der Waals surface area contributed by atoms with Crippen LogP contribution < -0.4 is 11.1 Å². The summed E-state index contributed by atoms with van der Waals surface area (Å²) in [5.74, 6) is -0.149. The molecule has 0 radical (unpaired) electrons. The lowest BCUT2D eigenvalue weighted by Crippen LogP contribution is -2.33. The first-order chi connectivity index (χ1) is 8.27. The first-order valence-corrected chi connectivity index (χ1v) is 6.26. The van der Waals surface area contributed by atoms with Crippen LogP contribution in [0.2, 0.25) is 0 Å². The largest absolute Gasteiger partial charge is 0.350 e. The van der Waals surface area contributed by atoms with E-state index in [0.717, 1.165) is 10.4 Å². The Morgan fingerprint density at radius 2 is 2.00 bits per heavy atom. The second-order valence-electron chi connectivity index (χ2n) is 3.69. The van der Waals surface area contributed by atoms with Crippen LogP contribution in [0.15, 0.2) is 47.8 Å². The minimum atomic E-state index is -0.601. The maximum absolute atomic E-state index is 11.8. The van der Waals surface area contributed by atoms with Gasteiger partial charge in [0.25, 0.3) is 0 Å². The van der Waals surface area contributed by atoms with Crippen LogP contribution in [0.4, 0.5) is 0 Å². The van der Waals surface area contributed by atoms with Crippen LogP contribution in [-0.4, -0.2) is 5.91 Å². The van der Waals surface area contributed by atoms with Gasteiger partial charge in [0.05, 0.1) is 6.54 Å². The third-order valence-corrected chi connectivity index (χ3v) is 3.33. The van der Waals surface area contributed by atoms with E-state index in [4.69, 9.17) is 5.73 Å². The Hall–Kier alpha value is -1.65. The lowest BCUT2D eigenvalue weighted by atomic mass is 10.1. The third-order valence-electron chi connectivity index (χ3n) is 2.46. The number of carbonyl (C=O) groups is 1. The quantitative estimate of drug-likeness (QED) is 0.867. The molecule has 0 aliphatic carbocycles. The average Bonchev–Trinajstić information content (AvgIpc) is 2.89. The van der Waals surface area contributed by atoms with E-state index in [2.05, 4.69) is 5.32 Å². The zero-order valence-corrected chi connectivity index (χ0v) is 10.1. The molecule has 0 aliphatic heterocycles. The summed E-state index contributed by atoms with van der Waals surface area (Å²) in [4.78, 5) is 12.9. The van der Waals surface area contributed by atoms with Crippen LogP contribution in [0.3, 0.4) is 0 Å². The molecule has 4 heteroatoms. The van der Waals surface area contributed by atoms with Crippen molar-refractivity contribution in [3.63, 3.8) is 0 Å². The highest BCUT2D eigenvalue weighted by Gasteiger charge is 2.14. The topological polar surface area (TPSA) is 55.1 Å². The highest BCUT2D eigenvalue weighted by Crippen LogP contribution is 2.11. The molecule has 1 aromatic heterocycles. The molecule has 0 aliphatic rings. The Bertz CT molecular complexity index is 467. The average molecular weight is 246 g/mol. The van der Waals surface area contributed by atoms with Gasteiger partial charge in [0.15, 0.2) is 0 Å². The monoisotopic (exact) mass is 246 g/mol. The first-order valence-electron chi connectivity index (χ1n) is 5.38. The molecule has 0 bridgehead atoms. The third kappa shape index (κ3) is 3.15. The van der Waals surface area contributed by atoms with Crippen LogP contribution >= 0.6 is 11.3 Å². The van der Waals surface area contributed by atoms with E-state index in [0.29, 0.717) is 6.54 Å². The van der Waals surface area contributed by atoms with E-state index in [-0.39, 0.29) is 5.91 Å². The highest BCUT2D eigenvalue weighted by molar-refractivity contribution is 7.09. The Labute approximate surface area is 104 Å². The number of benzene rings is 1. The molecule has 17 heavy (non-hydrogen) atoms. The predicted octanol–water partition coefficient (Wildman–Crippen LogP) is 2.06. The van der Waals surface area contributed by atoms with Gasteiger partial charge in [0, 0.05) is 4.88 Å². The molecule has 0 fully saturated rings. The standard InChI is InChI=1S/C13H14N2OS/c14-12(10-5-2-1-3-6-10)13(16)15-9-11-7-4-8-17-11/h1-8,12H,9,14H2,(H,15,16)/t12-/m0/s1. The zero-order valence-electron chi connectivity index (χ0n) is 9.30. The van der Waals surface area contributed by atoms with Crippen molar-refractivity contribution in [3.05, 3.63) is 58.3 Å². The number of amides is 1. The molecule has 2 rings (SSSR count). The Morgan fingerprint density at radius 1 is 1.24 bits per heavy atom. The normalized spacial score (nSPS) is 12.1. The van der Waals surface area contributed by atoms with E-state index < -0.39 is 6.04 Å². The maximum Gasteiger partial charge on any atom is 0.241 e. The lowest BCUT2D eigenvalue weighted by molar-refractivity contribution is -0.122. The van der Waals surface area contributed by atoms with Crippen LogP contribution in [0.5, 0.6) is 0 Å². The van der Waals surface area contributed by atoms with Crippen molar-refractivity contribution in [2.45, 2.75) is 12.6 Å². The summed E-state index contributed by atoms with van der Waals surface area (Å²) in [6.45, 7) is 0.539. The van der Waals surface area contributed by atoms with Gasteiger partial charge in [0.1, 0.15) is 6.04 Å². The molecule has 0 saturated carbocycles. The molecule has 1 amide bonds. The fourth-order valence-electron chi connectivity index (χ4n) is 1.51. The van der Waals surface area contributed by atoms with E-state index in [1.807, 2.05) is 47.8 Å². The first kappa shape index (κ1) is 11.8. The van der Waals surface area contributed by atoms with Crippen molar-refractivity contribution in [2.24, 2.45) is 5.73 Å². The summed E-state index contributed by atoms with van der Waals surface area (Å²) in [6.07, 6.45) is 0. The minimum absolute atomic E-state index is 0.149. The second kappa shape index (κ2) is 5.61. The van der Waals surface area contributed by atoms with Gasteiger partial charge >= 0.3 is 0 Å². The van der Waals surface area contributed by atoms with Gasteiger partial charge in [-0.3, -0.25) is 4.79 Å². The van der Waals surface area contributed by atoms with E-state index >= 15 is 0 Å². The molecular weight excluding hydrogens is 232 g/mol. The molecule has 0 unspecified atom stereocenters. The highest BCUT2D eigenvalue weighted by atomic mass is 32.1. The van der Waals surface area contributed by atoms with Gasteiger partial charge in [-0.05, 0) is 17.0 Å². The van der Waals surface area contributed by atoms with Crippen LogP contribution in [0.1, 0.15) is 16.5 Å². The van der Waals surface area contributed by atoms with Crippen molar-refractivity contribution in [2.75, 3.05) is 0 Å². The summed E-state index contributed by atoms with van der Waals surface area (Å²) in [6, 6.07) is 12.7. The molecule has 3 N–H and O–H groups in total. The Morgan fingerprint density at radius 3 is 2.65 bits per heavy atom. The van der Waals surface area contributed by atoms with Gasteiger partial charge in [-0.25, -0.2) is 0 Å². The fraction of sp³-hybridized carbons (Fsp3) is 0.154. The van der Waals surface area contributed by atoms with Crippen LogP contribution in [0.25, 0.3) is 0 Å². The van der Waals surface area contributed by atoms with Gasteiger partial charge in [-0.2, -0.15) is 0 Å².